The number of benzene rings is 2. The minimum absolute atomic E-state index is 0.0421. The molecule has 11 heteroatoms. The standard InChI is InChI=1S/C38H52F2N4O4S/c1-27(45)15-10-9-13-22-49-26-33(46)44(21-14-20-41-36(47)48-38(5,6)7)34(37(2,3)4)35-42-32(30-23-29(39)18-19-31(30)40)25-43(35)24-28-16-11-8-12-17-28/h8,11-12,16-19,23,25,34,45H,1,9-10,13-15,20-22,24,26H2,2-7H3,(H,41,47). The van der Waals surface area contributed by atoms with E-state index in [0.29, 0.717) is 31.8 Å². The van der Waals surface area contributed by atoms with Crippen molar-refractivity contribution in [3.8, 4) is 11.3 Å². The highest BCUT2D eigenvalue weighted by Crippen LogP contribution is 2.40. The van der Waals surface area contributed by atoms with Gasteiger partial charge in [0.15, 0.2) is 0 Å². The first kappa shape index (κ1) is 39.6. The molecule has 2 N–H and O–H groups in total. The van der Waals surface area contributed by atoms with Gasteiger partial charge in [-0.3, -0.25) is 4.79 Å². The summed E-state index contributed by atoms with van der Waals surface area (Å²) < 4.78 is 36.7. The number of nitrogens with one attached hydrogen (secondary N) is 1. The van der Waals surface area contributed by atoms with Crippen LogP contribution in [0.5, 0.6) is 0 Å². The number of hydrogen-bond donors (Lipinski definition) is 2. The molecule has 0 fully saturated rings. The lowest BCUT2D eigenvalue weighted by Gasteiger charge is -2.40. The van der Waals surface area contributed by atoms with Crippen LogP contribution in [-0.4, -0.2) is 61.8 Å². The van der Waals surface area contributed by atoms with E-state index in [-0.39, 0.29) is 35.2 Å². The van der Waals surface area contributed by atoms with E-state index in [1.165, 1.54) is 0 Å². The highest BCUT2D eigenvalue weighted by molar-refractivity contribution is 7.99. The number of nitrogens with zero attached hydrogens (tertiary/aromatic N) is 3. The van der Waals surface area contributed by atoms with Crippen molar-refractivity contribution in [3.63, 3.8) is 0 Å². The Morgan fingerprint density at radius 3 is 2.41 bits per heavy atom. The highest BCUT2D eigenvalue weighted by Gasteiger charge is 2.38. The number of alkyl carbamates (subject to hydrolysis) is 1. The smallest absolute Gasteiger partial charge is 0.407 e. The second-order valence-electron chi connectivity index (χ2n) is 14.3. The number of imidazole rings is 1. The van der Waals surface area contributed by atoms with E-state index in [1.54, 1.807) is 38.7 Å². The number of thioether (sulfide) groups is 1. The Morgan fingerprint density at radius 2 is 1.76 bits per heavy atom. The third-order valence-electron chi connectivity index (χ3n) is 7.63. The normalized spacial score (nSPS) is 12.4. The molecular formula is C38H52F2N4O4S. The third-order valence-corrected chi connectivity index (χ3v) is 8.66. The Bertz CT molecular complexity index is 1530. The van der Waals surface area contributed by atoms with Crippen molar-refractivity contribution in [2.24, 2.45) is 5.41 Å². The van der Waals surface area contributed by atoms with Gasteiger partial charge in [-0.25, -0.2) is 18.6 Å². The van der Waals surface area contributed by atoms with E-state index >= 15 is 4.39 Å². The number of carbonyl (C=O) groups is 2. The summed E-state index contributed by atoms with van der Waals surface area (Å²) in [5, 5.41) is 12.1. The minimum Gasteiger partial charge on any atom is -0.513 e. The molecule has 0 spiro atoms. The third kappa shape index (κ3) is 13.2. The SMILES string of the molecule is C=C(O)CCCCCSCC(=O)N(CCCNC(=O)OC(C)(C)C)C(c1nc(-c2cc(F)ccc2F)cn1Cc1ccccc1)C(C)(C)C. The van der Waals surface area contributed by atoms with Crippen molar-refractivity contribution in [1.29, 1.82) is 0 Å². The molecule has 1 atom stereocenters. The fraction of sp³-hybridized carbons (Fsp3) is 0.500. The predicted molar refractivity (Wildman–Crippen MR) is 193 cm³/mol. The second kappa shape index (κ2) is 18.2. The summed E-state index contributed by atoms with van der Waals surface area (Å²) >= 11 is 1.55. The number of halogens is 2. The number of amides is 2. The lowest BCUT2D eigenvalue weighted by atomic mass is 9.84. The van der Waals surface area contributed by atoms with E-state index < -0.39 is 34.8 Å². The number of hydrogen-bond acceptors (Lipinski definition) is 6. The molecule has 2 amide bonds. The molecule has 0 radical (unpaired) electrons. The van der Waals surface area contributed by atoms with E-state index in [4.69, 9.17) is 9.72 Å². The fourth-order valence-electron chi connectivity index (χ4n) is 5.48. The number of aliphatic hydroxyl groups is 1. The Kier molecular flexibility index (Phi) is 14.7. The number of aromatic nitrogens is 2. The number of ether oxygens (including phenoxy) is 1. The van der Waals surface area contributed by atoms with Crippen LogP contribution in [-0.2, 0) is 16.1 Å². The van der Waals surface area contributed by atoms with Crippen molar-refractivity contribution in [1.82, 2.24) is 19.8 Å². The molecule has 1 unspecified atom stereocenters. The molecule has 0 aliphatic heterocycles. The molecule has 268 valence electrons. The molecule has 0 aliphatic carbocycles. The number of aliphatic hydroxyl groups excluding tert-OH is 1. The van der Waals surface area contributed by atoms with Crippen LogP contribution in [0.25, 0.3) is 11.3 Å². The molecule has 2 aromatic carbocycles. The lowest BCUT2D eigenvalue weighted by Crippen LogP contribution is -2.44. The topological polar surface area (TPSA) is 96.7 Å². The van der Waals surface area contributed by atoms with Crippen molar-refractivity contribution >= 4 is 23.8 Å². The van der Waals surface area contributed by atoms with Crippen LogP contribution < -0.4 is 5.32 Å². The van der Waals surface area contributed by atoms with Gasteiger partial charge >= 0.3 is 6.09 Å². The molecule has 3 aromatic rings. The number of rotatable bonds is 17. The van der Waals surface area contributed by atoms with Gasteiger partial charge < -0.3 is 24.6 Å². The Balaban J connectivity index is 1.97. The van der Waals surface area contributed by atoms with E-state index in [2.05, 4.69) is 11.9 Å². The summed E-state index contributed by atoms with van der Waals surface area (Å²) in [7, 11) is 0. The first-order chi connectivity index (χ1) is 23.0. The zero-order valence-corrected chi connectivity index (χ0v) is 30.5. The quantitative estimate of drug-likeness (QED) is 0.108. The number of unbranched alkanes of at least 4 members (excludes halogenated alkanes) is 2. The molecule has 1 aromatic heterocycles. The van der Waals surface area contributed by atoms with Gasteiger partial charge in [0.05, 0.1) is 23.2 Å². The van der Waals surface area contributed by atoms with Gasteiger partial charge in [0.1, 0.15) is 23.1 Å². The van der Waals surface area contributed by atoms with Gasteiger partial charge in [0, 0.05) is 37.8 Å². The predicted octanol–water partition coefficient (Wildman–Crippen LogP) is 9.07. The molecular weight excluding hydrogens is 647 g/mol. The number of carbonyl (C=O) groups excluding carboxylic acids is 2. The molecule has 0 saturated heterocycles. The monoisotopic (exact) mass is 698 g/mol. The van der Waals surface area contributed by atoms with Crippen LogP contribution in [0.15, 0.2) is 67.1 Å². The largest absolute Gasteiger partial charge is 0.513 e. The Hall–Kier alpha value is -3.86. The van der Waals surface area contributed by atoms with Crippen LogP contribution in [0.4, 0.5) is 13.6 Å². The first-order valence-electron chi connectivity index (χ1n) is 16.8. The molecule has 3 rings (SSSR count). The van der Waals surface area contributed by atoms with Crippen molar-refractivity contribution in [2.75, 3.05) is 24.6 Å². The summed E-state index contributed by atoms with van der Waals surface area (Å²) in [5.41, 5.74) is 0.140. The van der Waals surface area contributed by atoms with Crippen LogP contribution in [0.1, 0.15) is 91.1 Å². The van der Waals surface area contributed by atoms with Crippen LogP contribution >= 0.6 is 11.8 Å². The summed E-state index contributed by atoms with van der Waals surface area (Å²) in [6.45, 7) is 16.0. The maximum Gasteiger partial charge on any atom is 0.407 e. The Morgan fingerprint density at radius 1 is 1.04 bits per heavy atom. The highest BCUT2D eigenvalue weighted by atomic mass is 32.2. The zero-order chi connectivity index (χ0) is 36.2. The van der Waals surface area contributed by atoms with Crippen molar-refractivity contribution in [3.05, 3.63) is 90.1 Å². The van der Waals surface area contributed by atoms with Crippen LogP contribution in [0.2, 0.25) is 0 Å². The van der Waals surface area contributed by atoms with Crippen LogP contribution in [0.3, 0.4) is 0 Å². The van der Waals surface area contributed by atoms with Gasteiger partial charge in [0.25, 0.3) is 0 Å². The van der Waals surface area contributed by atoms with Crippen LogP contribution in [0, 0.1) is 17.0 Å². The summed E-state index contributed by atoms with van der Waals surface area (Å²) in [6.07, 6.45) is 4.88. The average Bonchev–Trinajstić information content (AvgIpc) is 3.40. The average molecular weight is 699 g/mol. The lowest BCUT2D eigenvalue weighted by molar-refractivity contribution is -0.133. The number of allylic oxidation sites excluding steroid dienone is 1. The fourth-order valence-corrected chi connectivity index (χ4v) is 6.37. The summed E-state index contributed by atoms with van der Waals surface area (Å²) in [4.78, 5) is 33.2. The zero-order valence-electron chi connectivity index (χ0n) is 29.7. The molecule has 8 nitrogen and oxygen atoms in total. The van der Waals surface area contributed by atoms with E-state index in [9.17, 15) is 19.1 Å². The maximum atomic E-state index is 15.1. The van der Waals surface area contributed by atoms with E-state index in [0.717, 1.165) is 48.8 Å². The van der Waals surface area contributed by atoms with Crippen molar-refractivity contribution < 1.29 is 28.2 Å². The first-order valence-corrected chi connectivity index (χ1v) is 18.0. The van der Waals surface area contributed by atoms with Gasteiger partial charge in [-0.1, -0.05) is 64.1 Å². The van der Waals surface area contributed by atoms with Gasteiger partial charge in [-0.15, -0.1) is 0 Å². The molecule has 0 aliphatic rings. The Labute approximate surface area is 294 Å². The second-order valence-corrected chi connectivity index (χ2v) is 15.4. The molecule has 0 saturated carbocycles. The van der Waals surface area contributed by atoms with E-state index in [1.807, 2.05) is 60.6 Å². The van der Waals surface area contributed by atoms with Crippen molar-refractivity contribution in [2.45, 2.75) is 91.8 Å². The molecule has 0 bridgehead atoms. The summed E-state index contributed by atoms with van der Waals surface area (Å²) in [5.74, 6) is 0.506. The van der Waals surface area contributed by atoms with Gasteiger partial charge in [0.2, 0.25) is 5.91 Å². The van der Waals surface area contributed by atoms with Gasteiger partial charge in [-0.2, -0.15) is 11.8 Å². The minimum atomic E-state index is -0.638. The maximum absolute atomic E-state index is 15.1. The molecule has 49 heavy (non-hydrogen) atoms. The molecule has 1 heterocycles. The van der Waals surface area contributed by atoms with Gasteiger partial charge in [-0.05, 0) is 75.0 Å². The summed E-state index contributed by atoms with van der Waals surface area (Å²) in [6, 6.07) is 12.5.